The minimum Gasteiger partial charge on any atom is -0.369 e. The van der Waals surface area contributed by atoms with Crippen LogP contribution in [0, 0.1) is 11.3 Å². The van der Waals surface area contributed by atoms with E-state index in [0.29, 0.717) is 18.0 Å². The van der Waals surface area contributed by atoms with Crippen LogP contribution in [0.4, 0.5) is 5.95 Å². The van der Waals surface area contributed by atoms with Crippen molar-refractivity contribution < 1.29 is 0 Å². The first-order chi connectivity index (χ1) is 12.8. The van der Waals surface area contributed by atoms with E-state index in [9.17, 15) is 5.26 Å². The highest BCUT2D eigenvalue weighted by Gasteiger charge is 2.22. The number of aromatic nitrogens is 2. The lowest BCUT2D eigenvalue weighted by Crippen LogP contribution is -2.28. The van der Waals surface area contributed by atoms with E-state index in [0.717, 1.165) is 22.8 Å². The molecule has 0 saturated heterocycles. The highest BCUT2D eigenvalue weighted by molar-refractivity contribution is 5.59. The second-order valence-electron chi connectivity index (χ2n) is 7.14. The Labute approximate surface area is 154 Å². The smallest absolute Gasteiger partial charge is 0.223 e. The molecule has 6 heteroatoms. The molecule has 2 aliphatic carbocycles. The van der Waals surface area contributed by atoms with Crippen molar-refractivity contribution in [3.63, 3.8) is 0 Å². The van der Waals surface area contributed by atoms with Gasteiger partial charge < -0.3 is 16.0 Å². The van der Waals surface area contributed by atoms with Crippen molar-refractivity contribution in [2.75, 3.05) is 5.32 Å². The Morgan fingerprint density at radius 3 is 2.77 bits per heavy atom. The fraction of sp³-hybridized carbons (Fsp3) is 0.450. The van der Waals surface area contributed by atoms with E-state index in [1.807, 2.05) is 30.5 Å². The minimum absolute atomic E-state index is 0.272. The van der Waals surface area contributed by atoms with Crippen molar-refractivity contribution in [2.24, 2.45) is 0 Å². The summed E-state index contributed by atoms with van der Waals surface area (Å²) in [4.78, 5) is 9.07. The number of nitriles is 1. The first-order valence-corrected chi connectivity index (χ1v) is 9.43. The molecule has 1 aromatic heterocycles. The quantitative estimate of drug-likeness (QED) is 0.733. The van der Waals surface area contributed by atoms with Crippen LogP contribution in [-0.2, 0) is 6.42 Å². The van der Waals surface area contributed by atoms with Crippen LogP contribution in [0.2, 0.25) is 0 Å². The minimum atomic E-state index is 0.272. The normalized spacial score (nSPS) is 21.2. The standard InChI is InChI=1S/C20H24N6/c21-11-10-18-14(13-22-20(26-18)25-15-4-1-2-5-15)12-17-6-3-7-19(24-17)23-16-8-9-16/h3,6-7,12-13,15-16,23-24H,1-2,4-5,8-10H2,(H,22,25,26). The maximum atomic E-state index is 9.17. The average molecular weight is 348 g/mol. The van der Waals surface area contributed by atoms with Gasteiger partial charge in [0.25, 0.3) is 0 Å². The Kier molecular flexibility index (Phi) is 4.87. The maximum absolute atomic E-state index is 9.17. The van der Waals surface area contributed by atoms with E-state index < -0.39 is 0 Å². The molecule has 1 aromatic rings. The molecular formula is C20H24N6. The highest BCUT2D eigenvalue weighted by atomic mass is 15.1. The molecular weight excluding hydrogens is 324 g/mol. The molecule has 0 radical (unpaired) electrons. The Hall–Kier alpha value is -2.81. The van der Waals surface area contributed by atoms with Crippen molar-refractivity contribution in [1.82, 2.24) is 20.6 Å². The zero-order valence-electron chi connectivity index (χ0n) is 14.8. The molecule has 3 N–H and O–H groups in total. The van der Waals surface area contributed by atoms with E-state index in [-0.39, 0.29) is 6.42 Å². The largest absolute Gasteiger partial charge is 0.369 e. The summed E-state index contributed by atoms with van der Waals surface area (Å²) in [6.07, 6.45) is 17.5. The number of hydrogen-bond donors (Lipinski definition) is 3. The summed E-state index contributed by atoms with van der Waals surface area (Å²) in [5, 5.41) is 19.4. The van der Waals surface area contributed by atoms with Crippen LogP contribution in [0.15, 0.2) is 35.9 Å². The second kappa shape index (κ2) is 7.61. The van der Waals surface area contributed by atoms with Gasteiger partial charge in [0.1, 0.15) is 5.82 Å². The van der Waals surface area contributed by atoms with Crippen LogP contribution in [0.5, 0.6) is 0 Å². The van der Waals surface area contributed by atoms with Gasteiger partial charge in [-0.05, 0) is 43.9 Å². The second-order valence-corrected chi connectivity index (χ2v) is 7.14. The lowest BCUT2D eigenvalue weighted by molar-refractivity contribution is 0.736. The molecule has 6 nitrogen and oxygen atoms in total. The van der Waals surface area contributed by atoms with Gasteiger partial charge in [0.05, 0.1) is 18.2 Å². The number of nitrogens with one attached hydrogen (secondary N) is 3. The Morgan fingerprint density at radius 2 is 2.00 bits per heavy atom. The van der Waals surface area contributed by atoms with Crippen LogP contribution in [-0.4, -0.2) is 22.1 Å². The zero-order chi connectivity index (χ0) is 17.8. The van der Waals surface area contributed by atoms with Crippen LogP contribution < -0.4 is 16.0 Å². The van der Waals surface area contributed by atoms with Gasteiger partial charge in [-0.15, -0.1) is 0 Å². The predicted octanol–water partition coefficient (Wildman–Crippen LogP) is 2.99. The van der Waals surface area contributed by atoms with Crippen LogP contribution in [0.25, 0.3) is 6.08 Å². The van der Waals surface area contributed by atoms with Gasteiger partial charge in [-0.25, -0.2) is 9.97 Å². The first kappa shape index (κ1) is 16.6. The third kappa shape index (κ3) is 4.23. The maximum Gasteiger partial charge on any atom is 0.223 e. The molecule has 4 rings (SSSR count). The molecule has 0 bridgehead atoms. The average Bonchev–Trinajstić information content (AvgIpc) is 3.30. The van der Waals surface area contributed by atoms with Gasteiger partial charge in [-0.2, -0.15) is 5.26 Å². The monoisotopic (exact) mass is 348 g/mol. The lowest BCUT2D eigenvalue weighted by Gasteiger charge is -2.17. The summed E-state index contributed by atoms with van der Waals surface area (Å²) in [7, 11) is 0. The predicted molar refractivity (Wildman–Crippen MR) is 102 cm³/mol. The Bertz CT molecular complexity index is 791. The summed E-state index contributed by atoms with van der Waals surface area (Å²) in [5.41, 5.74) is 2.61. The Balaban J connectivity index is 1.50. The number of hydrogen-bond acceptors (Lipinski definition) is 6. The van der Waals surface area contributed by atoms with Crippen molar-refractivity contribution in [3.8, 4) is 6.07 Å². The fourth-order valence-corrected chi connectivity index (χ4v) is 3.36. The Morgan fingerprint density at radius 1 is 1.19 bits per heavy atom. The topological polar surface area (TPSA) is 85.7 Å². The molecule has 2 saturated carbocycles. The molecule has 0 amide bonds. The van der Waals surface area contributed by atoms with Crippen LogP contribution >= 0.6 is 0 Å². The van der Waals surface area contributed by atoms with E-state index in [2.05, 4.69) is 32.0 Å². The zero-order valence-corrected chi connectivity index (χ0v) is 14.8. The lowest BCUT2D eigenvalue weighted by atomic mass is 10.1. The molecule has 0 atom stereocenters. The van der Waals surface area contributed by atoms with Crippen molar-refractivity contribution in [1.29, 1.82) is 5.26 Å². The summed E-state index contributed by atoms with van der Waals surface area (Å²) >= 11 is 0. The number of allylic oxidation sites excluding steroid dienone is 3. The molecule has 134 valence electrons. The third-order valence-corrected chi connectivity index (χ3v) is 4.90. The number of rotatable bonds is 6. The van der Waals surface area contributed by atoms with Gasteiger partial charge in [-0.1, -0.05) is 18.9 Å². The van der Waals surface area contributed by atoms with Crippen LogP contribution in [0.1, 0.15) is 49.8 Å². The first-order valence-electron chi connectivity index (χ1n) is 9.43. The molecule has 0 unspecified atom stereocenters. The summed E-state index contributed by atoms with van der Waals surface area (Å²) < 4.78 is 0. The number of anilines is 1. The molecule has 2 heterocycles. The SMILES string of the molecule is N#CCc1nc(NC2CCCC2)ncc1C=C1C=CC=C(NC2CC2)N1. The van der Waals surface area contributed by atoms with E-state index >= 15 is 0 Å². The molecule has 3 aliphatic rings. The van der Waals surface area contributed by atoms with Gasteiger partial charge in [0.2, 0.25) is 5.95 Å². The third-order valence-electron chi connectivity index (χ3n) is 4.90. The number of nitrogens with zero attached hydrogens (tertiary/aromatic N) is 3. The van der Waals surface area contributed by atoms with Gasteiger partial charge in [0, 0.05) is 29.5 Å². The fourth-order valence-electron chi connectivity index (χ4n) is 3.36. The van der Waals surface area contributed by atoms with Gasteiger partial charge in [0.15, 0.2) is 0 Å². The summed E-state index contributed by atoms with van der Waals surface area (Å²) in [5.74, 6) is 1.65. The molecule has 26 heavy (non-hydrogen) atoms. The highest BCUT2D eigenvalue weighted by Crippen LogP contribution is 2.23. The summed E-state index contributed by atoms with van der Waals surface area (Å²) in [6, 6.07) is 3.27. The van der Waals surface area contributed by atoms with E-state index in [1.165, 1.54) is 38.5 Å². The summed E-state index contributed by atoms with van der Waals surface area (Å²) in [6.45, 7) is 0. The van der Waals surface area contributed by atoms with Crippen molar-refractivity contribution >= 4 is 12.0 Å². The molecule has 2 fully saturated rings. The molecule has 0 spiro atoms. The molecule has 0 aromatic carbocycles. The van der Waals surface area contributed by atoms with Crippen LogP contribution in [0.3, 0.4) is 0 Å². The van der Waals surface area contributed by atoms with Crippen molar-refractivity contribution in [2.45, 2.75) is 57.0 Å². The molecule has 1 aliphatic heterocycles. The van der Waals surface area contributed by atoms with Crippen molar-refractivity contribution in [3.05, 3.63) is 47.2 Å². The van der Waals surface area contributed by atoms with E-state index in [1.54, 1.807) is 0 Å². The van der Waals surface area contributed by atoms with E-state index in [4.69, 9.17) is 0 Å². The number of dihydropyridines is 1. The van der Waals surface area contributed by atoms with Gasteiger partial charge >= 0.3 is 0 Å². The van der Waals surface area contributed by atoms with Gasteiger partial charge in [-0.3, -0.25) is 0 Å².